The second-order valence-electron chi connectivity index (χ2n) is 5.41. The zero-order valence-corrected chi connectivity index (χ0v) is 13.1. The summed E-state index contributed by atoms with van der Waals surface area (Å²) in [6, 6.07) is 9.78. The van der Waals surface area contributed by atoms with E-state index in [1.54, 1.807) is 6.92 Å². The zero-order chi connectivity index (χ0) is 16.4. The van der Waals surface area contributed by atoms with Gasteiger partial charge in [0.2, 0.25) is 0 Å². The maximum Gasteiger partial charge on any atom is 0.309 e. The quantitative estimate of drug-likeness (QED) is 0.474. The van der Waals surface area contributed by atoms with E-state index < -0.39 is 17.4 Å². The van der Waals surface area contributed by atoms with Gasteiger partial charge in [0.05, 0.1) is 12.2 Å². The molecule has 0 heterocycles. The Morgan fingerprint density at radius 3 is 2.45 bits per heavy atom. The molecule has 0 fully saturated rings. The van der Waals surface area contributed by atoms with Gasteiger partial charge in [0.25, 0.3) is 0 Å². The van der Waals surface area contributed by atoms with Crippen LogP contribution in [0.2, 0.25) is 0 Å². The number of aliphatic hydroxyl groups is 1. The van der Waals surface area contributed by atoms with E-state index in [0.29, 0.717) is 19.4 Å². The number of hydrogen-bond acceptors (Lipinski definition) is 4. The zero-order valence-electron chi connectivity index (χ0n) is 13.1. The number of methoxy groups -OCH3 is 1. The molecule has 1 unspecified atom stereocenters. The molecule has 6 heteroatoms. The summed E-state index contributed by atoms with van der Waals surface area (Å²) in [4.78, 5) is 23.0. The molecule has 0 aliphatic rings. The lowest BCUT2D eigenvalue weighted by Crippen LogP contribution is -2.47. The lowest BCUT2D eigenvalue weighted by molar-refractivity contribution is -0.139. The third-order valence-electron chi connectivity index (χ3n) is 3.22. The van der Waals surface area contributed by atoms with Crippen LogP contribution in [0.25, 0.3) is 0 Å². The number of benzene rings is 1. The molecule has 0 saturated carbocycles. The molecule has 3 N–H and O–H groups in total. The third-order valence-corrected chi connectivity index (χ3v) is 3.22. The van der Waals surface area contributed by atoms with Gasteiger partial charge in [0.1, 0.15) is 0 Å². The molecule has 6 nitrogen and oxygen atoms in total. The SMILES string of the molecule is COCCNC(=O)C(=O)NCC(C)(O)CCc1ccccc1. The van der Waals surface area contributed by atoms with Crippen LogP contribution in [0.5, 0.6) is 0 Å². The number of amides is 2. The molecule has 0 spiro atoms. The Kier molecular flexibility index (Phi) is 7.56. The lowest BCUT2D eigenvalue weighted by Gasteiger charge is -2.23. The Morgan fingerprint density at radius 2 is 1.82 bits per heavy atom. The molecule has 2 amide bonds. The van der Waals surface area contributed by atoms with Gasteiger partial charge in [-0.15, -0.1) is 0 Å². The minimum Gasteiger partial charge on any atom is -0.388 e. The summed E-state index contributed by atoms with van der Waals surface area (Å²) in [5.41, 5.74) is 0.0459. The van der Waals surface area contributed by atoms with Crippen LogP contribution in [0, 0.1) is 0 Å². The summed E-state index contributed by atoms with van der Waals surface area (Å²) in [5.74, 6) is -1.48. The Bertz CT molecular complexity index is 474. The number of carbonyl (C=O) groups is 2. The smallest absolute Gasteiger partial charge is 0.309 e. The van der Waals surface area contributed by atoms with Gasteiger partial charge in [0.15, 0.2) is 0 Å². The van der Waals surface area contributed by atoms with Crippen LogP contribution in [0.15, 0.2) is 30.3 Å². The molecule has 1 rings (SSSR count). The van der Waals surface area contributed by atoms with Crippen molar-refractivity contribution in [3.8, 4) is 0 Å². The van der Waals surface area contributed by atoms with E-state index in [1.807, 2.05) is 30.3 Å². The standard InChI is InChI=1S/C16H24N2O4/c1-16(21,9-8-13-6-4-3-5-7-13)12-18-15(20)14(19)17-10-11-22-2/h3-7,21H,8-12H2,1-2H3,(H,17,19)(H,18,20). The molecular weight excluding hydrogens is 284 g/mol. The van der Waals surface area contributed by atoms with Crippen molar-refractivity contribution in [1.29, 1.82) is 0 Å². The van der Waals surface area contributed by atoms with Crippen molar-refractivity contribution in [2.45, 2.75) is 25.4 Å². The van der Waals surface area contributed by atoms with Crippen molar-refractivity contribution in [2.24, 2.45) is 0 Å². The highest BCUT2D eigenvalue weighted by atomic mass is 16.5. The average Bonchev–Trinajstić information content (AvgIpc) is 2.52. The largest absolute Gasteiger partial charge is 0.388 e. The van der Waals surface area contributed by atoms with E-state index in [2.05, 4.69) is 10.6 Å². The fraction of sp³-hybridized carbons (Fsp3) is 0.500. The van der Waals surface area contributed by atoms with E-state index >= 15 is 0 Å². The number of ether oxygens (including phenoxy) is 1. The summed E-state index contributed by atoms with van der Waals surface area (Å²) in [7, 11) is 1.51. The Balaban J connectivity index is 2.31. The van der Waals surface area contributed by atoms with Crippen LogP contribution >= 0.6 is 0 Å². The second-order valence-corrected chi connectivity index (χ2v) is 5.41. The van der Waals surface area contributed by atoms with Crippen LogP contribution in [-0.4, -0.2) is 49.3 Å². The summed E-state index contributed by atoms with van der Waals surface area (Å²) in [6.45, 7) is 2.27. The van der Waals surface area contributed by atoms with Gasteiger partial charge in [-0.2, -0.15) is 0 Å². The molecule has 1 aromatic rings. The summed E-state index contributed by atoms with van der Waals surface area (Å²) >= 11 is 0. The van der Waals surface area contributed by atoms with E-state index in [4.69, 9.17) is 4.74 Å². The van der Waals surface area contributed by atoms with Gasteiger partial charge in [-0.25, -0.2) is 0 Å². The third kappa shape index (κ3) is 7.19. The highest BCUT2D eigenvalue weighted by Crippen LogP contribution is 2.13. The predicted octanol–water partition coefficient (Wildman–Crippen LogP) is 0.249. The molecule has 122 valence electrons. The van der Waals surface area contributed by atoms with Crippen LogP contribution in [0.3, 0.4) is 0 Å². The molecule has 0 saturated heterocycles. The van der Waals surface area contributed by atoms with Gasteiger partial charge in [-0.3, -0.25) is 9.59 Å². The molecule has 0 bridgehead atoms. The average molecular weight is 308 g/mol. The molecule has 0 radical (unpaired) electrons. The normalized spacial score (nSPS) is 13.2. The monoisotopic (exact) mass is 308 g/mol. The van der Waals surface area contributed by atoms with Gasteiger partial charge < -0.3 is 20.5 Å². The van der Waals surface area contributed by atoms with Crippen molar-refractivity contribution in [3.63, 3.8) is 0 Å². The number of carbonyl (C=O) groups excluding carboxylic acids is 2. The van der Waals surface area contributed by atoms with E-state index in [0.717, 1.165) is 5.56 Å². The van der Waals surface area contributed by atoms with Crippen LogP contribution in [0.1, 0.15) is 18.9 Å². The Labute approximate surface area is 130 Å². The van der Waals surface area contributed by atoms with Crippen LogP contribution in [-0.2, 0) is 20.7 Å². The number of aryl methyl sites for hydroxylation is 1. The van der Waals surface area contributed by atoms with Crippen molar-refractivity contribution in [2.75, 3.05) is 26.8 Å². The summed E-state index contributed by atoms with van der Waals surface area (Å²) in [5, 5.41) is 15.1. The first-order valence-electron chi connectivity index (χ1n) is 7.26. The van der Waals surface area contributed by atoms with Gasteiger partial charge in [0, 0.05) is 20.2 Å². The molecule has 0 aromatic heterocycles. The van der Waals surface area contributed by atoms with Crippen molar-refractivity contribution >= 4 is 11.8 Å². The number of nitrogens with one attached hydrogen (secondary N) is 2. The highest BCUT2D eigenvalue weighted by molar-refractivity contribution is 6.35. The minimum atomic E-state index is -1.07. The number of rotatable bonds is 8. The molecule has 22 heavy (non-hydrogen) atoms. The summed E-state index contributed by atoms with van der Waals surface area (Å²) < 4.78 is 4.77. The van der Waals surface area contributed by atoms with Crippen molar-refractivity contribution in [3.05, 3.63) is 35.9 Å². The Hall–Kier alpha value is -1.92. The van der Waals surface area contributed by atoms with Gasteiger partial charge in [-0.1, -0.05) is 30.3 Å². The van der Waals surface area contributed by atoms with Crippen molar-refractivity contribution in [1.82, 2.24) is 10.6 Å². The topological polar surface area (TPSA) is 87.7 Å². The van der Waals surface area contributed by atoms with Gasteiger partial charge >= 0.3 is 11.8 Å². The fourth-order valence-electron chi connectivity index (χ4n) is 1.84. The van der Waals surface area contributed by atoms with E-state index in [1.165, 1.54) is 7.11 Å². The first-order chi connectivity index (χ1) is 10.4. The fourth-order valence-corrected chi connectivity index (χ4v) is 1.84. The highest BCUT2D eigenvalue weighted by Gasteiger charge is 2.23. The number of hydrogen-bond donors (Lipinski definition) is 3. The van der Waals surface area contributed by atoms with E-state index in [9.17, 15) is 14.7 Å². The second kappa shape index (κ2) is 9.17. The Morgan fingerprint density at radius 1 is 1.18 bits per heavy atom. The molecule has 0 aliphatic carbocycles. The summed E-state index contributed by atoms with van der Waals surface area (Å²) in [6.07, 6.45) is 1.19. The molecule has 1 atom stereocenters. The predicted molar refractivity (Wildman–Crippen MR) is 83.3 cm³/mol. The van der Waals surface area contributed by atoms with E-state index in [-0.39, 0.29) is 13.1 Å². The maximum atomic E-state index is 11.6. The van der Waals surface area contributed by atoms with Crippen molar-refractivity contribution < 1.29 is 19.4 Å². The maximum absolute atomic E-state index is 11.6. The molecular formula is C16H24N2O4. The minimum absolute atomic E-state index is 0.0242. The van der Waals surface area contributed by atoms with Crippen LogP contribution in [0.4, 0.5) is 0 Å². The lowest BCUT2D eigenvalue weighted by atomic mass is 9.97. The molecule has 1 aromatic carbocycles. The first-order valence-corrected chi connectivity index (χ1v) is 7.26. The van der Waals surface area contributed by atoms with Crippen LogP contribution < -0.4 is 10.6 Å². The first kappa shape index (κ1) is 18.1. The van der Waals surface area contributed by atoms with Gasteiger partial charge in [-0.05, 0) is 25.3 Å². The molecule has 0 aliphatic heterocycles.